The number of nitrogen functional groups attached to an aromatic ring is 1. The third-order valence-corrected chi connectivity index (χ3v) is 4.01. The Labute approximate surface area is 125 Å². The summed E-state index contributed by atoms with van der Waals surface area (Å²) < 4.78 is 0. The zero-order valence-electron chi connectivity index (χ0n) is 12.5. The minimum atomic E-state index is -0.247. The second-order valence-corrected chi connectivity index (χ2v) is 5.53. The monoisotopic (exact) mass is 289 g/mol. The van der Waals surface area contributed by atoms with Crippen molar-refractivity contribution >= 4 is 17.5 Å². The van der Waals surface area contributed by atoms with Crippen LogP contribution in [0.5, 0.6) is 0 Å². The van der Waals surface area contributed by atoms with Gasteiger partial charge < -0.3 is 16.0 Å². The topological polar surface area (TPSA) is 75.4 Å². The van der Waals surface area contributed by atoms with E-state index < -0.39 is 0 Å². The first kappa shape index (κ1) is 15.4. The zero-order valence-corrected chi connectivity index (χ0v) is 12.5. The summed E-state index contributed by atoms with van der Waals surface area (Å²) in [6, 6.07) is 6.65. The summed E-state index contributed by atoms with van der Waals surface area (Å²) in [4.78, 5) is 25.9. The van der Waals surface area contributed by atoms with E-state index in [9.17, 15) is 9.59 Å². The van der Waals surface area contributed by atoms with Crippen molar-refractivity contribution in [3.8, 4) is 0 Å². The van der Waals surface area contributed by atoms with Crippen molar-refractivity contribution in [2.75, 3.05) is 25.4 Å². The highest BCUT2D eigenvalue weighted by Crippen LogP contribution is 2.26. The van der Waals surface area contributed by atoms with Gasteiger partial charge in [-0.05, 0) is 49.9 Å². The number of carbonyl (C=O) groups is 2. The molecule has 0 aromatic heterocycles. The molecule has 0 bridgehead atoms. The second kappa shape index (κ2) is 7.11. The van der Waals surface area contributed by atoms with Gasteiger partial charge in [-0.25, -0.2) is 0 Å². The molecule has 0 spiro atoms. The molecule has 1 fully saturated rings. The van der Waals surface area contributed by atoms with Gasteiger partial charge in [0.2, 0.25) is 5.91 Å². The van der Waals surface area contributed by atoms with E-state index in [0.717, 1.165) is 6.54 Å². The van der Waals surface area contributed by atoms with Crippen molar-refractivity contribution in [2.24, 2.45) is 5.92 Å². The Balaban J connectivity index is 1.81. The first-order chi connectivity index (χ1) is 10.1. The van der Waals surface area contributed by atoms with Crippen molar-refractivity contribution in [3.05, 3.63) is 29.8 Å². The van der Waals surface area contributed by atoms with Crippen LogP contribution in [0.3, 0.4) is 0 Å². The summed E-state index contributed by atoms with van der Waals surface area (Å²) in [5.74, 6) is 0.373. The molecule has 5 heteroatoms. The summed E-state index contributed by atoms with van der Waals surface area (Å²) in [5, 5.41) is 2.67. The number of nitrogens with two attached hydrogens (primary N) is 1. The Bertz CT molecular complexity index is 495. The first-order valence-electron chi connectivity index (χ1n) is 7.51. The van der Waals surface area contributed by atoms with Crippen LogP contribution in [0.15, 0.2) is 24.3 Å². The van der Waals surface area contributed by atoms with E-state index in [2.05, 4.69) is 5.32 Å². The molecule has 1 aromatic rings. The molecule has 0 unspecified atom stereocenters. The van der Waals surface area contributed by atoms with Gasteiger partial charge >= 0.3 is 0 Å². The normalized spacial score (nSPS) is 14.3. The van der Waals surface area contributed by atoms with Crippen LogP contribution in [0.1, 0.15) is 36.5 Å². The van der Waals surface area contributed by atoms with Crippen LogP contribution in [0.25, 0.3) is 0 Å². The van der Waals surface area contributed by atoms with Gasteiger partial charge in [-0.1, -0.05) is 6.42 Å². The van der Waals surface area contributed by atoms with Crippen molar-refractivity contribution in [1.82, 2.24) is 10.2 Å². The third-order valence-electron chi connectivity index (χ3n) is 4.01. The lowest BCUT2D eigenvalue weighted by atomic mass is 9.85. The lowest BCUT2D eigenvalue weighted by Crippen LogP contribution is -2.43. The molecule has 5 nitrogen and oxygen atoms in total. The van der Waals surface area contributed by atoms with E-state index in [4.69, 9.17) is 5.73 Å². The van der Waals surface area contributed by atoms with Crippen LogP contribution in [0.4, 0.5) is 5.69 Å². The molecule has 0 atom stereocenters. The van der Waals surface area contributed by atoms with Gasteiger partial charge in [0.15, 0.2) is 0 Å². The van der Waals surface area contributed by atoms with Crippen molar-refractivity contribution in [2.45, 2.75) is 26.2 Å². The summed E-state index contributed by atoms with van der Waals surface area (Å²) in [5.41, 5.74) is 6.70. The predicted octanol–water partition coefficient (Wildman–Crippen LogP) is 1.65. The lowest BCUT2D eigenvalue weighted by Gasteiger charge is -2.31. The first-order valence-corrected chi connectivity index (χ1v) is 7.51. The Hall–Kier alpha value is -2.04. The summed E-state index contributed by atoms with van der Waals surface area (Å²) >= 11 is 0. The van der Waals surface area contributed by atoms with E-state index in [1.165, 1.54) is 19.3 Å². The molecule has 114 valence electrons. The number of carbonyl (C=O) groups excluding carboxylic acids is 2. The zero-order chi connectivity index (χ0) is 15.2. The molecule has 1 aliphatic rings. The van der Waals surface area contributed by atoms with Crippen molar-refractivity contribution < 1.29 is 9.59 Å². The number of rotatable bonds is 6. The SMILES string of the molecule is CCN(CC1CCC1)C(=O)CNC(=O)c1ccc(N)cc1. The summed E-state index contributed by atoms with van der Waals surface area (Å²) in [6.07, 6.45) is 3.69. The molecule has 0 aliphatic heterocycles. The fraction of sp³-hybridized carbons (Fsp3) is 0.500. The molecular weight excluding hydrogens is 266 g/mol. The van der Waals surface area contributed by atoms with Crippen LogP contribution in [0, 0.1) is 5.92 Å². The minimum Gasteiger partial charge on any atom is -0.399 e. The van der Waals surface area contributed by atoms with Crippen LogP contribution in [0.2, 0.25) is 0 Å². The van der Waals surface area contributed by atoms with Gasteiger partial charge in [-0.15, -0.1) is 0 Å². The molecule has 3 N–H and O–H groups in total. The smallest absolute Gasteiger partial charge is 0.251 e. The van der Waals surface area contributed by atoms with Crippen molar-refractivity contribution in [3.63, 3.8) is 0 Å². The van der Waals surface area contributed by atoms with E-state index in [1.807, 2.05) is 11.8 Å². The van der Waals surface area contributed by atoms with Crippen LogP contribution < -0.4 is 11.1 Å². The predicted molar refractivity (Wildman–Crippen MR) is 82.8 cm³/mol. The maximum Gasteiger partial charge on any atom is 0.251 e. The molecule has 1 aliphatic carbocycles. The quantitative estimate of drug-likeness (QED) is 0.782. The van der Waals surface area contributed by atoms with Crippen molar-refractivity contribution in [1.29, 1.82) is 0 Å². The van der Waals surface area contributed by atoms with Gasteiger partial charge in [-0.2, -0.15) is 0 Å². The number of likely N-dealkylation sites (N-methyl/N-ethyl adjacent to an activating group) is 1. The van der Waals surface area contributed by atoms with Gasteiger partial charge in [0, 0.05) is 24.3 Å². The highest BCUT2D eigenvalue weighted by Gasteiger charge is 2.22. The average molecular weight is 289 g/mol. The fourth-order valence-electron chi connectivity index (χ4n) is 2.40. The maximum absolute atomic E-state index is 12.1. The highest BCUT2D eigenvalue weighted by molar-refractivity contribution is 5.96. The molecule has 1 saturated carbocycles. The van der Waals surface area contributed by atoms with Crippen LogP contribution >= 0.6 is 0 Å². The molecule has 1 aromatic carbocycles. The summed E-state index contributed by atoms with van der Waals surface area (Å²) in [6.45, 7) is 3.52. The Morgan fingerprint density at radius 2 is 1.95 bits per heavy atom. The van der Waals surface area contributed by atoms with E-state index in [0.29, 0.717) is 23.7 Å². The Kier molecular flexibility index (Phi) is 5.20. The number of anilines is 1. The molecule has 2 amide bonds. The van der Waals surface area contributed by atoms with E-state index >= 15 is 0 Å². The molecule has 0 radical (unpaired) electrons. The molecule has 2 rings (SSSR count). The van der Waals surface area contributed by atoms with Gasteiger partial charge in [0.05, 0.1) is 6.54 Å². The number of hydrogen-bond donors (Lipinski definition) is 2. The number of hydrogen-bond acceptors (Lipinski definition) is 3. The molecule has 21 heavy (non-hydrogen) atoms. The van der Waals surface area contributed by atoms with Gasteiger partial charge in [0.25, 0.3) is 5.91 Å². The van der Waals surface area contributed by atoms with Crippen LogP contribution in [-0.4, -0.2) is 36.3 Å². The minimum absolute atomic E-state index is 0.0202. The lowest BCUT2D eigenvalue weighted by molar-refractivity contribution is -0.130. The number of amides is 2. The van der Waals surface area contributed by atoms with E-state index in [1.54, 1.807) is 24.3 Å². The average Bonchev–Trinajstić information content (AvgIpc) is 2.44. The molecule has 0 heterocycles. The largest absolute Gasteiger partial charge is 0.399 e. The second-order valence-electron chi connectivity index (χ2n) is 5.53. The summed E-state index contributed by atoms with van der Waals surface area (Å²) in [7, 11) is 0. The molecular formula is C16H23N3O2. The Morgan fingerprint density at radius 1 is 1.29 bits per heavy atom. The molecule has 0 saturated heterocycles. The number of nitrogens with one attached hydrogen (secondary N) is 1. The number of benzene rings is 1. The Morgan fingerprint density at radius 3 is 2.48 bits per heavy atom. The van der Waals surface area contributed by atoms with Gasteiger partial charge in [0.1, 0.15) is 0 Å². The maximum atomic E-state index is 12.1. The highest BCUT2D eigenvalue weighted by atomic mass is 16.2. The van der Waals surface area contributed by atoms with E-state index in [-0.39, 0.29) is 18.4 Å². The fourth-order valence-corrected chi connectivity index (χ4v) is 2.40. The standard InChI is InChI=1S/C16H23N3O2/c1-2-19(11-12-4-3-5-12)15(20)10-18-16(21)13-6-8-14(17)9-7-13/h6-9,12H,2-5,10-11,17H2,1H3,(H,18,21). The third kappa shape index (κ3) is 4.21. The number of nitrogens with zero attached hydrogens (tertiary/aromatic N) is 1. The van der Waals surface area contributed by atoms with Crippen LogP contribution in [-0.2, 0) is 4.79 Å². The van der Waals surface area contributed by atoms with Gasteiger partial charge in [-0.3, -0.25) is 9.59 Å².